The minimum atomic E-state index is 0.646. The van der Waals surface area contributed by atoms with E-state index in [1.165, 1.54) is 0 Å². The van der Waals surface area contributed by atoms with Gasteiger partial charge in [0.2, 0.25) is 5.95 Å². The van der Waals surface area contributed by atoms with Gasteiger partial charge in [-0.2, -0.15) is 10.2 Å². The third kappa shape index (κ3) is 4.68. The van der Waals surface area contributed by atoms with Gasteiger partial charge in [0.15, 0.2) is 0 Å². The van der Waals surface area contributed by atoms with Crippen LogP contribution in [0.3, 0.4) is 0 Å². The first-order valence-electron chi connectivity index (χ1n) is 8.04. The van der Waals surface area contributed by atoms with Gasteiger partial charge in [-0.05, 0) is 44.0 Å². The summed E-state index contributed by atoms with van der Waals surface area (Å²) in [5, 5.41) is 12.1. The van der Waals surface area contributed by atoms with Gasteiger partial charge in [0, 0.05) is 30.5 Å². The molecule has 2 rings (SSSR count). The van der Waals surface area contributed by atoms with Crippen molar-refractivity contribution >= 4 is 17.5 Å². The van der Waals surface area contributed by atoms with Crippen LogP contribution in [0.5, 0.6) is 0 Å². The molecule has 0 aliphatic rings. The number of rotatable bonds is 7. The number of hydrogen-bond donors (Lipinski definition) is 1. The number of nitriles is 1. The summed E-state index contributed by atoms with van der Waals surface area (Å²) in [5.41, 5.74) is 2.49. The largest absolute Gasteiger partial charge is 0.341 e. The van der Waals surface area contributed by atoms with Crippen molar-refractivity contribution in [2.45, 2.75) is 33.6 Å². The molecule has 0 spiro atoms. The molecule has 0 aliphatic carbocycles. The molecule has 0 aliphatic heterocycles. The molecule has 0 saturated heterocycles. The van der Waals surface area contributed by atoms with E-state index in [0.29, 0.717) is 5.56 Å². The van der Waals surface area contributed by atoms with E-state index in [0.717, 1.165) is 49.1 Å². The molecule has 2 aromatic rings. The zero-order valence-electron chi connectivity index (χ0n) is 14.0. The number of benzene rings is 1. The lowest BCUT2D eigenvalue weighted by atomic mass is 10.2. The fraction of sp³-hybridized carbons (Fsp3) is 0.389. The minimum absolute atomic E-state index is 0.646. The fourth-order valence-electron chi connectivity index (χ4n) is 2.39. The topological polar surface area (TPSA) is 64.8 Å². The first-order valence-corrected chi connectivity index (χ1v) is 8.04. The summed E-state index contributed by atoms with van der Waals surface area (Å²) < 4.78 is 0. The van der Waals surface area contributed by atoms with E-state index in [-0.39, 0.29) is 0 Å². The molecule has 0 fully saturated rings. The van der Waals surface area contributed by atoms with Gasteiger partial charge in [-0.25, -0.2) is 4.98 Å². The van der Waals surface area contributed by atoms with Crippen molar-refractivity contribution in [1.29, 1.82) is 5.26 Å². The lowest BCUT2D eigenvalue weighted by Gasteiger charge is -2.22. The molecule has 5 nitrogen and oxygen atoms in total. The van der Waals surface area contributed by atoms with Crippen molar-refractivity contribution in [3.8, 4) is 6.07 Å². The molecule has 0 saturated carbocycles. The van der Waals surface area contributed by atoms with Gasteiger partial charge in [-0.3, -0.25) is 0 Å². The molecule has 1 aromatic carbocycles. The monoisotopic (exact) mass is 309 g/mol. The first kappa shape index (κ1) is 16.8. The highest BCUT2D eigenvalue weighted by Crippen LogP contribution is 2.19. The number of anilines is 3. The van der Waals surface area contributed by atoms with Crippen molar-refractivity contribution in [3.63, 3.8) is 0 Å². The first-order chi connectivity index (χ1) is 11.2. The SMILES string of the molecule is CCCN(CCC)c1nc(C)cc(Nc2ccc(C#N)cc2)n1. The second kappa shape index (κ2) is 8.14. The summed E-state index contributed by atoms with van der Waals surface area (Å²) in [5.74, 6) is 1.54. The minimum Gasteiger partial charge on any atom is -0.341 e. The Morgan fingerprint density at radius 3 is 2.30 bits per heavy atom. The predicted octanol–water partition coefficient (Wildman–Crippen LogP) is 4.03. The third-order valence-corrected chi connectivity index (χ3v) is 3.40. The molecule has 120 valence electrons. The van der Waals surface area contributed by atoms with Gasteiger partial charge in [0.05, 0.1) is 11.6 Å². The normalized spacial score (nSPS) is 10.2. The average Bonchev–Trinajstić information content (AvgIpc) is 2.55. The summed E-state index contributed by atoms with van der Waals surface area (Å²) in [7, 11) is 0. The van der Waals surface area contributed by atoms with E-state index < -0.39 is 0 Å². The molecule has 1 heterocycles. The van der Waals surface area contributed by atoms with E-state index in [9.17, 15) is 0 Å². The third-order valence-electron chi connectivity index (χ3n) is 3.40. The molecular weight excluding hydrogens is 286 g/mol. The summed E-state index contributed by atoms with van der Waals surface area (Å²) in [6.45, 7) is 8.20. The van der Waals surface area contributed by atoms with E-state index in [2.05, 4.69) is 40.1 Å². The van der Waals surface area contributed by atoms with Crippen LogP contribution in [-0.2, 0) is 0 Å². The van der Waals surface area contributed by atoms with Crippen LogP contribution in [0.1, 0.15) is 37.9 Å². The maximum atomic E-state index is 8.86. The van der Waals surface area contributed by atoms with Gasteiger partial charge in [-0.1, -0.05) is 13.8 Å². The molecule has 1 aromatic heterocycles. The number of nitrogens with one attached hydrogen (secondary N) is 1. The molecule has 0 amide bonds. The highest BCUT2D eigenvalue weighted by atomic mass is 15.3. The predicted molar refractivity (Wildman–Crippen MR) is 94.0 cm³/mol. The van der Waals surface area contributed by atoms with Crippen LogP contribution < -0.4 is 10.2 Å². The number of nitrogens with zero attached hydrogens (tertiary/aromatic N) is 4. The van der Waals surface area contributed by atoms with Crippen molar-refractivity contribution < 1.29 is 0 Å². The maximum Gasteiger partial charge on any atom is 0.227 e. The van der Waals surface area contributed by atoms with Crippen LogP contribution in [-0.4, -0.2) is 23.1 Å². The van der Waals surface area contributed by atoms with Gasteiger partial charge in [-0.15, -0.1) is 0 Å². The maximum absolute atomic E-state index is 8.86. The summed E-state index contributed by atoms with van der Waals surface area (Å²) in [4.78, 5) is 11.4. The van der Waals surface area contributed by atoms with E-state index in [1.807, 2.05) is 25.1 Å². The van der Waals surface area contributed by atoms with Crippen LogP contribution in [0.4, 0.5) is 17.5 Å². The van der Waals surface area contributed by atoms with E-state index in [1.54, 1.807) is 12.1 Å². The Balaban J connectivity index is 2.23. The Labute approximate surface area is 138 Å². The van der Waals surface area contributed by atoms with Crippen LogP contribution in [0.15, 0.2) is 30.3 Å². The summed E-state index contributed by atoms with van der Waals surface area (Å²) in [6, 6.07) is 11.4. The highest BCUT2D eigenvalue weighted by molar-refractivity contribution is 5.58. The second-order valence-corrected chi connectivity index (χ2v) is 5.50. The molecule has 0 radical (unpaired) electrons. The van der Waals surface area contributed by atoms with Crippen LogP contribution in [0.2, 0.25) is 0 Å². The molecule has 1 N–H and O–H groups in total. The van der Waals surface area contributed by atoms with Crippen LogP contribution in [0.25, 0.3) is 0 Å². The van der Waals surface area contributed by atoms with Crippen molar-refractivity contribution in [1.82, 2.24) is 9.97 Å². The number of aryl methyl sites for hydroxylation is 1. The van der Waals surface area contributed by atoms with E-state index >= 15 is 0 Å². The molecule has 23 heavy (non-hydrogen) atoms. The Morgan fingerprint density at radius 2 is 1.74 bits per heavy atom. The Hall–Kier alpha value is -2.61. The van der Waals surface area contributed by atoms with Gasteiger partial charge in [0.1, 0.15) is 5.82 Å². The van der Waals surface area contributed by atoms with Gasteiger partial charge >= 0.3 is 0 Å². The fourth-order valence-corrected chi connectivity index (χ4v) is 2.39. The number of aromatic nitrogens is 2. The Bertz CT molecular complexity index is 667. The van der Waals surface area contributed by atoms with Gasteiger partial charge in [0.25, 0.3) is 0 Å². The summed E-state index contributed by atoms with van der Waals surface area (Å²) >= 11 is 0. The summed E-state index contributed by atoms with van der Waals surface area (Å²) in [6.07, 6.45) is 2.13. The lowest BCUT2D eigenvalue weighted by molar-refractivity contribution is 0.720. The van der Waals surface area contributed by atoms with Crippen molar-refractivity contribution in [2.75, 3.05) is 23.3 Å². The highest BCUT2D eigenvalue weighted by Gasteiger charge is 2.10. The molecule has 5 heteroatoms. The smallest absolute Gasteiger partial charge is 0.227 e. The Kier molecular flexibility index (Phi) is 5.93. The van der Waals surface area contributed by atoms with E-state index in [4.69, 9.17) is 5.26 Å². The molecule has 0 atom stereocenters. The standard InChI is InChI=1S/C18H23N5/c1-4-10-23(11-5-2)18-20-14(3)12-17(22-18)21-16-8-6-15(13-19)7-9-16/h6-9,12H,4-5,10-11H2,1-3H3,(H,20,21,22). The average molecular weight is 309 g/mol. The van der Waals surface area contributed by atoms with Crippen molar-refractivity contribution in [3.05, 3.63) is 41.6 Å². The Morgan fingerprint density at radius 1 is 1.09 bits per heavy atom. The lowest BCUT2D eigenvalue weighted by Crippen LogP contribution is -2.27. The van der Waals surface area contributed by atoms with Crippen LogP contribution in [0, 0.1) is 18.3 Å². The van der Waals surface area contributed by atoms with Crippen LogP contribution >= 0.6 is 0 Å². The molecule has 0 unspecified atom stereocenters. The second-order valence-electron chi connectivity index (χ2n) is 5.50. The quantitative estimate of drug-likeness (QED) is 0.836. The molecular formula is C18H23N5. The zero-order chi connectivity index (χ0) is 16.7. The number of hydrogen-bond acceptors (Lipinski definition) is 5. The zero-order valence-corrected chi connectivity index (χ0v) is 14.0. The molecule has 0 bridgehead atoms. The van der Waals surface area contributed by atoms with Crippen molar-refractivity contribution in [2.24, 2.45) is 0 Å². The van der Waals surface area contributed by atoms with Gasteiger partial charge < -0.3 is 10.2 Å².